The van der Waals surface area contributed by atoms with E-state index >= 15 is 0 Å². The van der Waals surface area contributed by atoms with E-state index in [4.69, 9.17) is 14.7 Å². The normalized spacial score (nSPS) is 16.1. The van der Waals surface area contributed by atoms with Crippen molar-refractivity contribution in [2.24, 2.45) is 13.0 Å². The molecule has 0 bridgehead atoms. The number of alkyl halides is 1. The summed E-state index contributed by atoms with van der Waals surface area (Å²) in [4.78, 5) is 29.0. The third-order valence-electron chi connectivity index (χ3n) is 8.39. The minimum Gasteiger partial charge on any atom is -0.489 e. The van der Waals surface area contributed by atoms with Crippen molar-refractivity contribution < 1.29 is 13.9 Å². The Labute approximate surface area is 237 Å². The van der Waals surface area contributed by atoms with Crippen molar-refractivity contribution in [3.8, 4) is 17.3 Å². The molecule has 212 valence electrons. The second-order valence-electron chi connectivity index (χ2n) is 11.4. The summed E-state index contributed by atoms with van der Waals surface area (Å²) in [6.07, 6.45) is 9.00. The number of imidazole rings is 2. The Morgan fingerprint density at radius 2 is 2.07 bits per heavy atom. The molecule has 0 N–H and O–H groups in total. The number of halogens is 1. The Morgan fingerprint density at radius 1 is 1.20 bits per heavy atom. The van der Waals surface area contributed by atoms with E-state index in [-0.39, 0.29) is 11.9 Å². The molecule has 1 atom stereocenters. The molecule has 2 aliphatic rings. The number of hydrogen-bond donors (Lipinski definition) is 0. The van der Waals surface area contributed by atoms with Crippen LogP contribution in [0.2, 0.25) is 0 Å². The zero-order chi connectivity index (χ0) is 28.1. The van der Waals surface area contributed by atoms with E-state index < -0.39 is 6.67 Å². The van der Waals surface area contributed by atoms with Crippen molar-refractivity contribution in [3.63, 3.8) is 0 Å². The molecule has 1 aliphatic heterocycles. The fourth-order valence-electron chi connectivity index (χ4n) is 5.90. The number of pyridine rings is 1. The third kappa shape index (κ3) is 4.65. The number of nitrogens with zero attached hydrogens (tertiary/aromatic N) is 7. The molecule has 0 saturated heterocycles. The van der Waals surface area contributed by atoms with Crippen LogP contribution in [-0.4, -0.2) is 65.8 Å². The first kappa shape index (κ1) is 25.7. The average Bonchev–Trinajstić information content (AvgIpc) is 3.35. The van der Waals surface area contributed by atoms with Crippen molar-refractivity contribution in [2.45, 2.75) is 45.2 Å². The summed E-state index contributed by atoms with van der Waals surface area (Å²) in [6.45, 7) is 4.10. The number of aromatic nitrogens is 6. The van der Waals surface area contributed by atoms with Gasteiger partial charge in [-0.1, -0.05) is 12.1 Å². The van der Waals surface area contributed by atoms with Crippen LogP contribution in [0.1, 0.15) is 48.3 Å². The van der Waals surface area contributed by atoms with Gasteiger partial charge in [-0.05, 0) is 50.3 Å². The van der Waals surface area contributed by atoms with Crippen LogP contribution in [0.15, 0.2) is 49.1 Å². The lowest BCUT2D eigenvalue weighted by Gasteiger charge is -2.27. The number of fused-ring (bicyclic) bond motifs is 3. The van der Waals surface area contributed by atoms with E-state index in [9.17, 15) is 9.18 Å². The first-order chi connectivity index (χ1) is 20.0. The molecule has 1 aliphatic carbocycles. The number of aryl methyl sites for hydroxylation is 1. The van der Waals surface area contributed by atoms with Crippen LogP contribution in [0.4, 0.5) is 4.39 Å². The van der Waals surface area contributed by atoms with Crippen molar-refractivity contribution in [1.29, 1.82) is 0 Å². The first-order valence-corrected chi connectivity index (χ1v) is 14.5. The van der Waals surface area contributed by atoms with Gasteiger partial charge < -0.3 is 23.3 Å². The summed E-state index contributed by atoms with van der Waals surface area (Å²) in [6, 6.07) is 10.4. The summed E-state index contributed by atoms with van der Waals surface area (Å²) in [5.41, 5.74) is 4.90. The van der Waals surface area contributed by atoms with Crippen LogP contribution in [-0.2, 0) is 20.0 Å². The summed E-state index contributed by atoms with van der Waals surface area (Å²) < 4.78 is 25.6. The molecule has 41 heavy (non-hydrogen) atoms. The Kier molecular flexibility index (Phi) is 6.48. The van der Waals surface area contributed by atoms with E-state index in [2.05, 4.69) is 28.6 Å². The summed E-state index contributed by atoms with van der Waals surface area (Å²) in [7, 11) is 1.99. The Balaban J connectivity index is 1.28. The highest BCUT2D eigenvalue weighted by Crippen LogP contribution is 2.39. The van der Waals surface area contributed by atoms with Gasteiger partial charge in [0.15, 0.2) is 11.5 Å². The summed E-state index contributed by atoms with van der Waals surface area (Å²) in [5.74, 6) is 2.21. The Bertz CT molecular complexity index is 1730. The quantitative estimate of drug-likeness (QED) is 0.237. The van der Waals surface area contributed by atoms with Gasteiger partial charge in [0.05, 0.1) is 41.5 Å². The highest BCUT2D eigenvalue weighted by atomic mass is 19.1. The predicted molar refractivity (Wildman–Crippen MR) is 155 cm³/mol. The van der Waals surface area contributed by atoms with Gasteiger partial charge in [0.25, 0.3) is 5.91 Å². The average molecular weight is 556 g/mol. The van der Waals surface area contributed by atoms with E-state index in [1.807, 2.05) is 46.9 Å². The molecule has 0 radical (unpaired) electrons. The number of para-hydroxylation sites is 1. The Hall–Kier alpha value is -4.21. The molecule has 5 aromatic rings. The molecule has 1 aromatic carbocycles. The van der Waals surface area contributed by atoms with Gasteiger partial charge in [0.2, 0.25) is 0 Å². The standard InChI is InChI=1S/C31H34FN7O2/c1-20(38-14-11-33-19-38)18-41-27-6-3-5-22-15-26(39(28(22)27)17-21-7-8-21)30-35-25-16-23-24(34-29(25)36(30)2)9-13-37(31(23)40)12-4-10-32/h3,5-6,11,14-16,19-21H,4,7-10,12-13,17-18H2,1-2H3. The van der Waals surface area contributed by atoms with Gasteiger partial charge in [0.1, 0.15) is 17.9 Å². The van der Waals surface area contributed by atoms with Gasteiger partial charge in [-0.25, -0.2) is 15.0 Å². The van der Waals surface area contributed by atoms with Crippen LogP contribution < -0.4 is 4.74 Å². The number of carbonyl (C=O) groups is 1. The maximum absolute atomic E-state index is 13.2. The minimum absolute atomic E-state index is 0.0872. The van der Waals surface area contributed by atoms with Crippen molar-refractivity contribution in [3.05, 3.63) is 60.3 Å². The van der Waals surface area contributed by atoms with Gasteiger partial charge >= 0.3 is 0 Å². The number of benzene rings is 1. The number of hydrogen-bond acceptors (Lipinski definition) is 5. The number of rotatable bonds is 10. The zero-order valence-electron chi connectivity index (χ0n) is 23.5. The van der Waals surface area contributed by atoms with E-state index in [1.54, 1.807) is 11.1 Å². The van der Waals surface area contributed by atoms with E-state index in [1.165, 1.54) is 12.8 Å². The van der Waals surface area contributed by atoms with Gasteiger partial charge in [0, 0.05) is 50.9 Å². The molecule has 0 spiro atoms. The zero-order valence-corrected chi connectivity index (χ0v) is 23.5. The maximum atomic E-state index is 13.2. The maximum Gasteiger partial charge on any atom is 0.255 e. The third-order valence-corrected chi connectivity index (χ3v) is 8.39. The second kappa shape index (κ2) is 10.3. The highest BCUT2D eigenvalue weighted by Gasteiger charge is 2.29. The summed E-state index contributed by atoms with van der Waals surface area (Å²) >= 11 is 0. The molecule has 4 aromatic heterocycles. The number of carbonyl (C=O) groups excluding carboxylic acids is 1. The molecular formula is C31H34FN7O2. The molecular weight excluding hydrogens is 521 g/mol. The van der Waals surface area contributed by atoms with Crippen LogP contribution in [0.3, 0.4) is 0 Å². The number of amides is 1. The fraction of sp³-hybridized carbons (Fsp3) is 0.419. The highest BCUT2D eigenvalue weighted by molar-refractivity contribution is 5.99. The lowest BCUT2D eigenvalue weighted by Crippen LogP contribution is -2.38. The molecule has 1 amide bonds. The van der Waals surface area contributed by atoms with Crippen LogP contribution >= 0.6 is 0 Å². The van der Waals surface area contributed by atoms with Gasteiger partial charge in [-0.15, -0.1) is 0 Å². The first-order valence-electron chi connectivity index (χ1n) is 14.5. The molecule has 5 heterocycles. The smallest absolute Gasteiger partial charge is 0.255 e. The molecule has 9 nitrogen and oxygen atoms in total. The van der Waals surface area contributed by atoms with Gasteiger partial charge in [-0.2, -0.15) is 0 Å². The lowest BCUT2D eigenvalue weighted by atomic mass is 10.0. The summed E-state index contributed by atoms with van der Waals surface area (Å²) in [5, 5.41) is 1.10. The monoisotopic (exact) mass is 555 g/mol. The van der Waals surface area contributed by atoms with Crippen molar-refractivity contribution in [1.82, 2.24) is 33.6 Å². The minimum atomic E-state index is -0.428. The van der Waals surface area contributed by atoms with Gasteiger partial charge in [-0.3, -0.25) is 9.18 Å². The Morgan fingerprint density at radius 3 is 2.85 bits per heavy atom. The molecule has 1 unspecified atom stereocenters. The lowest BCUT2D eigenvalue weighted by molar-refractivity contribution is 0.0733. The van der Waals surface area contributed by atoms with Crippen molar-refractivity contribution in [2.75, 3.05) is 26.4 Å². The van der Waals surface area contributed by atoms with E-state index in [0.717, 1.165) is 46.1 Å². The van der Waals surface area contributed by atoms with E-state index in [0.29, 0.717) is 49.5 Å². The largest absolute Gasteiger partial charge is 0.489 e. The predicted octanol–water partition coefficient (Wildman–Crippen LogP) is 5.19. The molecule has 1 saturated carbocycles. The fourth-order valence-corrected chi connectivity index (χ4v) is 5.90. The second-order valence-corrected chi connectivity index (χ2v) is 11.4. The van der Waals surface area contributed by atoms with Crippen molar-refractivity contribution >= 4 is 28.0 Å². The number of ether oxygens (including phenoxy) is 1. The van der Waals surface area contributed by atoms with Crippen LogP contribution in [0.25, 0.3) is 33.6 Å². The molecule has 7 rings (SSSR count). The topological polar surface area (TPSA) is 83.0 Å². The molecule has 1 fully saturated rings. The SMILES string of the molecule is CC(COc1cccc2cc(-c3nc4cc5c(nc4n3C)CCN(CCCF)C5=O)n(CC3CC3)c12)n1ccnc1. The van der Waals surface area contributed by atoms with Crippen LogP contribution in [0, 0.1) is 5.92 Å². The van der Waals surface area contributed by atoms with Crippen LogP contribution in [0.5, 0.6) is 5.75 Å². The molecule has 10 heteroatoms.